The summed E-state index contributed by atoms with van der Waals surface area (Å²) in [4.78, 5) is 24.5. The van der Waals surface area contributed by atoms with Crippen LogP contribution in [-0.4, -0.2) is 28.6 Å². The van der Waals surface area contributed by atoms with Crippen molar-refractivity contribution in [3.63, 3.8) is 0 Å². The minimum Gasteiger partial charge on any atom is -0.326 e. The fraction of sp³-hybridized carbons (Fsp3) is 0.389. The first-order chi connectivity index (χ1) is 12.2. The van der Waals surface area contributed by atoms with E-state index in [1.807, 2.05) is 24.3 Å². The lowest BCUT2D eigenvalue weighted by molar-refractivity contribution is -0.121. The molecule has 4 rings (SSSR count). The number of amides is 2. The second kappa shape index (κ2) is 6.68. The number of aromatic nitrogens is 2. The predicted molar refractivity (Wildman–Crippen MR) is 94.1 cm³/mol. The van der Waals surface area contributed by atoms with E-state index >= 15 is 0 Å². The van der Waals surface area contributed by atoms with Crippen molar-refractivity contribution in [2.45, 2.75) is 32.2 Å². The van der Waals surface area contributed by atoms with E-state index in [1.54, 1.807) is 0 Å². The van der Waals surface area contributed by atoms with E-state index < -0.39 is 0 Å². The van der Waals surface area contributed by atoms with E-state index in [-0.39, 0.29) is 17.7 Å². The van der Waals surface area contributed by atoms with Crippen LogP contribution in [0.4, 0.5) is 11.5 Å². The summed E-state index contributed by atoms with van der Waals surface area (Å²) in [6.45, 7) is 1.63. The van der Waals surface area contributed by atoms with E-state index in [4.69, 9.17) is 0 Å². The molecular formula is C18H21N5O2. The van der Waals surface area contributed by atoms with E-state index in [1.165, 1.54) is 0 Å². The summed E-state index contributed by atoms with van der Waals surface area (Å²) >= 11 is 0. The van der Waals surface area contributed by atoms with Crippen LogP contribution in [0.3, 0.4) is 0 Å². The van der Waals surface area contributed by atoms with Gasteiger partial charge in [-0.2, -0.15) is 5.10 Å². The van der Waals surface area contributed by atoms with Crippen LogP contribution in [0.1, 0.15) is 29.7 Å². The summed E-state index contributed by atoms with van der Waals surface area (Å²) in [6, 6.07) is 7.80. The van der Waals surface area contributed by atoms with Crippen LogP contribution in [-0.2, 0) is 29.0 Å². The Balaban J connectivity index is 1.35. The van der Waals surface area contributed by atoms with Crippen LogP contribution in [0.2, 0.25) is 0 Å². The molecule has 0 saturated heterocycles. The van der Waals surface area contributed by atoms with Crippen LogP contribution in [0.5, 0.6) is 0 Å². The van der Waals surface area contributed by atoms with Gasteiger partial charge in [0.05, 0.1) is 0 Å². The molecule has 0 bridgehead atoms. The van der Waals surface area contributed by atoms with E-state index in [9.17, 15) is 9.59 Å². The quantitative estimate of drug-likeness (QED) is 0.680. The number of nitrogens with zero attached hydrogens (tertiary/aromatic N) is 1. The zero-order valence-electron chi connectivity index (χ0n) is 13.9. The maximum atomic E-state index is 12.3. The number of fused-ring (bicyclic) bond motifs is 2. The van der Waals surface area contributed by atoms with Crippen LogP contribution in [0.25, 0.3) is 0 Å². The number of hydrogen-bond acceptors (Lipinski definition) is 4. The van der Waals surface area contributed by atoms with E-state index in [0.717, 1.165) is 35.5 Å². The number of benzene rings is 1. The number of rotatable bonds is 4. The number of para-hydroxylation sites is 1. The third-order valence-corrected chi connectivity index (χ3v) is 4.90. The molecule has 2 aliphatic rings. The van der Waals surface area contributed by atoms with Gasteiger partial charge in [0.2, 0.25) is 11.8 Å². The molecule has 0 fully saturated rings. The molecule has 7 nitrogen and oxygen atoms in total. The van der Waals surface area contributed by atoms with Crippen molar-refractivity contribution in [2.75, 3.05) is 17.2 Å². The Morgan fingerprint density at radius 3 is 3.12 bits per heavy atom. The Bertz CT molecular complexity index is 814. The number of carbonyl (C=O) groups excluding carboxylic acids is 2. The monoisotopic (exact) mass is 339 g/mol. The van der Waals surface area contributed by atoms with Crippen LogP contribution >= 0.6 is 0 Å². The topological polar surface area (TPSA) is 98.9 Å². The lowest BCUT2D eigenvalue weighted by atomic mass is 9.89. The third-order valence-electron chi connectivity index (χ3n) is 4.90. The van der Waals surface area contributed by atoms with Gasteiger partial charge in [-0.1, -0.05) is 18.2 Å². The number of carbonyl (C=O) groups is 2. The van der Waals surface area contributed by atoms with Gasteiger partial charge < -0.3 is 16.0 Å². The molecule has 2 aliphatic heterocycles. The van der Waals surface area contributed by atoms with Gasteiger partial charge >= 0.3 is 0 Å². The molecule has 1 aromatic carbocycles. The normalized spacial score (nSPS) is 18.9. The minimum atomic E-state index is -0.171. The lowest BCUT2D eigenvalue weighted by Crippen LogP contribution is -2.30. The molecule has 2 aromatic rings. The molecule has 7 heteroatoms. The molecule has 0 spiro atoms. The minimum absolute atomic E-state index is 0.00662. The molecule has 1 aromatic heterocycles. The number of H-pyrrole nitrogens is 1. The SMILES string of the molecule is O=C(CCC1Cc2ccccc2NC1=O)Nc1n[nH]c2c1CNCC2. The highest BCUT2D eigenvalue weighted by Crippen LogP contribution is 2.27. The average Bonchev–Trinajstić information content (AvgIpc) is 3.03. The number of aromatic amines is 1. The first-order valence-corrected chi connectivity index (χ1v) is 8.66. The third kappa shape index (κ3) is 3.28. The van der Waals surface area contributed by atoms with Crippen molar-refractivity contribution in [2.24, 2.45) is 5.92 Å². The van der Waals surface area contributed by atoms with Gasteiger partial charge in [-0.3, -0.25) is 14.7 Å². The van der Waals surface area contributed by atoms with Gasteiger partial charge in [0.1, 0.15) is 0 Å². The maximum absolute atomic E-state index is 12.3. The summed E-state index contributed by atoms with van der Waals surface area (Å²) in [5.41, 5.74) is 4.12. The zero-order chi connectivity index (χ0) is 17.2. The molecule has 4 N–H and O–H groups in total. The smallest absolute Gasteiger partial charge is 0.227 e. The Morgan fingerprint density at radius 1 is 1.32 bits per heavy atom. The summed E-state index contributed by atoms with van der Waals surface area (Å²) in [7, 11) is 0. The fourth-order valence-electron chi connectivity index (χ4n) is 3.47. The molecule has 3 heterocycles. The number of hydrogen-bond donors (Lipinski definition) is 4. The Kier molecular flexibility index (Phi) is 4.23. The van der Waals surface area contributed by atoms with E-state index in [2.05, 4.69) is 26.1 Å². The molecular weight excluding hydrogens is 318 g/mol. The molecule has 1 unspecified atom stereocenters. The van der Waals surface area contributed by atoms with Crippen molar-refractivity contribution in [1.29, 1.82) is 0 Å². The second-order valence-electron chi connectivity index (χ2n) is 6.59. The summed E-state index contributed by atoms with van der Waals surface area (Å²) in [6.07, 6.45) is 2.39. The summed E-state index contributed by atoms with van der Waals surface area (Å²) < 4.78 is 0. The Morgan fingerprint density at radius 2 is 2.20 bits per heavy atom. The molecule has 0 aliphatic carbocycles. The average molecular weight is 339 g/mol. The second-order valence-corrected chi connectivity index (χ2v) is 6.59. The van der Waals surface area contributed by atoms with Gasteiger partial charge in [0.15, 0.2) is 5.82 Å². The van der Waals surface area contributed by atoms with Gasteiger partial charge in [0, 0.05) is 48.8 Å². The highest BCUT2D eigenvalue weighted by Gasteiger charge is 2.26. The zero-order valence-corrected chi connectivity index (χ0v) is 13.9. The summed E-state index contributed by atoms with van der Waals surface area (Å²) in [5, 5.41) is 16.3. The van der Waals surface area contributed by atoms with E-state index in [0.29, 0.717) is 31.6 Å². The number of anilines is 2. The van der Waals surface area contributed by atoms with Crippen molar-refractivity contribution in [3.05, 3.63) is 41.1 Å². The van der Waals surface area contributed by atoms with Gasteiger partial charge in [-0.15, -0.1) is 0 Å². The molecule has 0 saturated carbocycles. The Labute approximate surface area is 145 Å². The Hall–Kier alpha value is -2.67. The summed E-state index contributed by atoms with van der Waals surface area (Å²) in [5.74, 6) is 0.320. The van der Waals surface area contributed by atoms with Gasteiger partial charge in [-0.05, 0) is 24.5 Å². The molecule has 0 radical (unpaired) electrons. The van der Waals surface area contributed by atoms with Crippen molar-refractivity contribution < 1.29 is 9.59 Å². The van der Waals surface area contributed by atoms with Gasteiger partial charge in [0.25, 0.3) is 0 Å². The number of nitrogens with one attached hydrogen (secondary N) is 4. The first kappa shape index (κ1) is 15.8. The van der Waals surface area contributed by atoms with Gasteiger partial charge in [-0.25, -0.2) is 0 Å². The molecule has 130 valence electrons. The molecule has 2 amide bonds. The lowest BCUT2D eigenvalue weighted by Gasteiger charge is -2.24. The van der Waals surface area contributed by atoms with Crippen molar-refractivity contribution in [1.82, 2.24) is 15.5 Å². The maximum Gasteiger partial charge on any atom is 0.227 e. The van der Waals surface area contributed by atoms with Crippen LogP contribution < -0.4 is 16.0 Å². The highest BCUT2D eigenvalue weighted by atomic mass is 16.2. The standard InChI is InChI=1S/C18H21N5O2/c24-16(21-17-13-10-19-8-7-15(13)22-23-17)6-5-12-9-11-3-1-2-4-14(11)20-18(12)25/h1-4,12,19H,5-10H2,(H,20,25)(H2,21,22,23,24). The largest absolute Gasteiger partial charge is 0.326 e. The first-order valence-electron chi connectivity index (χ1n) is 8.66. The molecule has 25 heavy (non-hydrogen) atoms. The van der Waals surface area contributed by atoms with Crippen molar-refractivity contribution >= 4 is 23.3 Å². The van der Waals surface area contributed by atoms with Crippen molar-refractivity contribution in [3.8, 4) is 0 Å². The highest BCUT2D eigenvalue weighted by molar-refractivity contribution is 5.96. The molecule has 1 atom stereocenters. The fourth-order valence-corrected chi connectivity index (χ4v) is 3.47. The van der Waals surface area contributed by atoms with Crippen LogP contribution in [0.15, 0.2) is 24.3 Å². The van der Waals surface area contributed by atoms with Crippen LogP contribution in [0, 0.1) is 5.92 Å². The predicted octanol–water partition coefficient (Wildman–Crippen LogP) is 1.59.